The van der Waals surface area contributed by atoms with Gasteiger partial charge in [-0.25, -0.2) is 9.79 Å². The van der Waals surface area contributed by atoms with Crippen LogP contribution < -0.4 is 24.4 Å². The first-order valence-corrected chi connectivity index (χ1v) is 15.7. The Kier molecular flexibility index (Phi) is 9.46. The Hall–Kier alpha value is -3.37. The molecule has 0 bridgehead atoms. The Morgan fingerprint density at radius 3 is 2.65 bits per heavy atom. The summed E-state index contributed by atoms with van der Waals surface area (Å²) in [4.78, 5) is 32.6. The largest absolute Gasteiger partial charge is 0.496 e. The van der Waals surface area contributed by atoms with Crippen LogP contribution in [0.4, 0.5) is 0 Å². The molecule has 1 aliphatic rings. The highest BCUT2D eigenvalue weighted by molar-refractivity contribution is 9.10. The van der Waals surface area contributed by atoms with E-state index < -0.39 is 12.0 Å². The molecule has 43 heavy (non-hydrogen) atoms. The van der Waals surface area contributed by atoms with E-state index in [1.807, 2.05) is 42.5 Å². The lowest BCUT2D eigenvalue weighted by Crippen LogP contribution is -2.40. The van der Waals surface area contributed by atoms with Crippen LogP contribution in [0.25, 0.3) is 6.08 Å². The van der Waals surface area contributed by atoms with Gasteiger partial charge >= 0.3 is 5.97 Å². The van der Waals surface area contributed by atoms with Gasteiger partial charge in [-0.15, -0.1) is 0 Å². The predicted octanol–water partition coefficient (Wildman–Crippen LogP) is 6.84. The van der Waals surface area contributed by atoms with Crippen molar-refractivity contribution < 1.29 is 19.0 Å². The van der Waals surface area contributed by atoms with Crippen LogP contribution in [0.1, 0.15) is 43.5 Å². The maximum atomic E-state index is 14.0. The molecule has 0 saturated heterocycles. The van der Waals surface area contributed by atoms with E-state index in [-0.39, 0.29) is 23.8 Å². The number of halogens is 3. The van der Waals surface area contributed by atoms with Gasteiger partial charge in [0.15, 0.2) is 4.80 Å². The molecule has 7 nitrogen and oxygen atoms in total. The van der Waals surface area contributed by atoms with Crippen LogP contribution in [0, 0.1) is 0 Å². The third-order valence-electron chi connectivity index (χ3n) is 6.64. The van der Waals surface area contributed by atoms with Gasteiger partial charge in [-0.05, 0) is 74.9 Å². The van der Waals surface area contributed by atoms with E-state index in [4.69, 9.17) is 37.4 Å². The first kappa shape index (κ1) is 31.1. The number of esters is 1. The molecule has 0 N–H and O–H groups in total. The summed E-state index contributed by atoms with van der Waals surface area (Å²) in [6.45, 7) is 5.56. The number of carbonyl (C=O) groups excluding carboxylic acids is 1. The number of hydrogen-bond acceptors (Lipinski definition) is 7. The molecule has 0 unspecified atom stereocenters. The summed E-state index contributed by atoms with van der Waals surface area (Å²) in [7, 11) is 1.55. The van der Waals surface area contributed by atoms with Gasteiger partial charge in [-0.3, -0.25) is 9.36 Å². The summed E-state index contributed by atoms with van der Waals surface area (Å²) >= 11 is 17.1. The van der Waals surface area contributed by atoms with Crippen molar-refractivity contribution in [1.29, 1.82) is 0 Å². The van der Waals surface area contributed by atoms with Crippen molar-refractivity contribution in [2.24, 2.45) is 4.99 Å². The molecule has 2 heterocycles. The van der Waals surface area contributed by atoms with E-state index >= 15 is 0 Å². The molecule has 0 spiro atoms. The third-order valence-corrected chi connectivity index (χ3v) is 8.70. The van der Waals surface area contributed by atoms with Crippen molar-refractivity contribution >= 4 is 62.5 Å². The zero-order chi connectivity index (χ0) is 30.8. The molecule has 11 heteroatoms. The van der Waals surface area contributed by atoms with Crippen LogP contribution in [0.3, 0.4) is 0 Å². The molecule has 1 atom stereocenters. The fraction of sp³-hybridized carbons (Fsp3) is 0.219. The average molecular weight is 702 g/mol. The van der Waals surface area contributed by atoms with Crippen molar-refractivity contribution in [2.45, 2.75) is 39.5 Å². The quantitative estimate of drug-likeness (QED) is 0.188. The zero-order valence-electron chi connectivity index (χ0n) is 23.7. The molecule has 1 aliphatic heterocycles. The maximum Gasteiger partial charge on any atom is 0.338 e. The van der Waals surface area contributed by atoms with E-state index in [0.717, 1.165) is 15.6 Å². The van der Waals surface area contributed by atoms with Crippen LogP contribution in [0.15, 0.2) is 86.2 Å². The number of aromatic nitrogens is 1. The van der Waals surface area contributed by atoms with Crippen molar-refractivity contribution in [2.75, 3.05) is 7.11 Å². The van der Waals surface area contributed by atoms with Crippen LogP contribution in [-0.2, 0) is 16.1 Å². The third kappa shape index (κ3) is 6.75. The molecular weight excluding hydrogens is 675 g/mol. The summed E-state index contributed by atoms with van der Waals surface area (Å²) in [5, 5.41) is 1.07. The summed E-state index contributed by atoms with van der Waals surface area (Å²) in [6, 6.07) is 17.3. The van der Waals surface area contributed by atoms with Crippen molar-refractivity contribution in [3.63, 3.8) is 0 Å². The molecule has 5 rings (SSSR count). The van der Waals surface area contributed by atoms with Crippen molar-refractivity contribution in [1.82, 2.24) is 4.57 Å². The minimum absolute atomic E-state index is 0.255. The first-order valence-electron chi connectivity index (χ1n) is 13.3. The van der Waals surface area contributed by atoms with E-state index in [1.54, 1.807) is 52.2 Å². The smallest absolute Gasteiger partial charge is 0.338 e. The molecule has 1 aromatic heterocycles. The topological polar surface area (TPSA) is 79.1 Å². The van der Waals surface area contributed by atoms with Crippen molar-refractivity contribution in [3.05, 3.63) is 123 Å². The highest BCUT2D eigenvalue weighted by Crippen LogP contribution is 2.37. The summed E-state index contributed by atoms with van der Waals surface area (Å²) < 4.78 is 20.0. The second kappa shape index (κ2) is 13.1. The molecule has 0 saturated carbocycles. The Labute approximate surface area is 270 Å². The summed E-state index contributed by atoms with van der Waals surface area (Å²) in [5.41, 5.74) is 2.65. The lowest BCUT2D eigenvalue weighted by atomic mass is 9.95. The van der Waals surface area contributed by atoms with Gasteiger partial charge in [-0.1, -0.05) is 68.7 Å². The Morgan fingerprint density at radius 2 is 1.93 bits per heavy atom. The standard InChI is InChI=1S/C32H27BrCl2N2O5S/c1-17(2)42-31(39)28-18(3)36-32-37(29(28)24-14-21(33)9-11-26(24)40-4)30(38)27(43-32)13-19-6-5-7-23(12-19)41-16-20-8-10-22(34)15-25(20)35/h5-15,17,29H,16H2,1-4H3/b27-13-/t29-/m0/s1. The van der Waals surface area contributed by atoms with Crippen LogP contribution in [-0.4, -0.2) is 23.8 Å². The molecular formula is C32H27BrCl2N2O5S. The lowest BCUT2D eigenvalue weighted by Gasteiger charge is -2.26. The molecule has 4 aromatic rings. The van der Waals surface area contributed by atoms with Gasteiger partial charge in [0.25, 0.3) is 5.56 Å². The Bertz CT molecular complexity index is 1930. The van der Waals surface area contributed by atoms with Gasteiger partial charge in [-0.2, -0.15) is 0 Å². The molecule has 3 aromatic carbocycles. The minimum Gasteiger partial charge on any atom is -0.496 e. The van der Waals surface area contributed by atoms with E-state index in [1.165, 1.54) is 15.9 Å². The number of methoxy groups -OCH3 is 1. The normalized spacial score (nSPS) is 14.9. The predicted molar refractivity (Wildman–Crippen MR) is 173 cm³/mol. The van der Waals surface area contributed by atoms with Gasteiger partial charge in [0, 0.05) is 25.6 Å². The lowest BCUT2D eigenvalue weighted by molar-refractivity contribution is -0.143. The second-order valence-corrected chi connectivity index (χ2v) is 12.8. The van der Waals surface area contributed by atoms with Gasteiger partial charge in [0.05, 0.1) is 29.0 Å². The average Bonchev–Trinajstić information content (AvgIpc) is 3.25. The molecule has 0 aliphatic carbocycles. The van der Waals surface area contributed by atoms with Crippen LogP contribution in [0.2, 0.25) is 10.0 Å². The van der Waals surface area contributed by atoms with Gasteiger partial charge in [0.1, 0.15) is 24.1 Å². The number of allylic oxidation sites excluding steroid dienone is 1. The number of fused-ring (bicyclic) bond motifs is 1. The fourth-order valence-electron chi connectivity index (χ4n) is 4.72. The number of thiazole rings is 1. The second-order valence-electron chi connectivity index (χ2n) is 10.0. The van der Waals surface area contributed by atoms with Gasteiger partial charge < -0.3 is 14.2 Å². The minimum atomic E-state index is -0.809. The molecule has 0 amide bonds. The van der Waals surface area contributed by atoms with E-state index in [0.29, 0.717) is 42.1 Å². The zero-order valence-corrected chi connectivity index (χ0v) is 27.6. The highest BCUT2D eigenvalue weighted by atomic mass is 79.9. The highest BCUT2D eigenvalue weighted by Gasteiger charge is 2.35. The monoisotopic (exact) mass is 700 g/mol. The first-order chi connectivity index (χ1) is 20.5. The van der Waals surface area contributed by atoms with E-state index in [2.05, 4.69) is 20.9 Å². The molecule has 222 valence electrons. The fourth-order valence-corrected chi connectivity index (χ4v) is 6.61. The van der Waals surface area contributed by atoms with Crippen molar-refractivity contribution in [3.8, 4) is 11.5 Å². The number of nitrogens with zero attached hydrogens (tertiary/aromatic N) is 2. The Morgan fingerprint density at radius 1 is 1.14 bits per heavy atom. The van der Waals surface area contributed by atoms with Gasteiger partial charge in [0.2, 0.25) is 0 Å². The number of rotatable bonds is 8. The van der Waals surface area contributed by atoms with Crippen LogP contribution >= 0.6 is 50.5 Å². The SMILES string of the molecule is COc1ccc(Br)cc1[C@H]1C(C(=O)OC(C)C)=C(C)N=c2s/c(=C\c3cccc(OCc4ccc(Cl)cc4Cl)c3)c(=O)n21. The van der Waals surface area contributed by atoms with E-state index in [9.17, 15) is 9.59 Å². The number of carbonyl (C=O) groups is 1. The summed E-state index contributed by atoms with van der Waals surface area (Å²) in [5.74, 6) is 0.597. The maximum absolute atomic E-state index is 14.0. The number of benzene rings is 3. The van der Waals surface area contributed by atoms with Crippen LogP contribution in [0.5, 0.6) is 11.5 Å². The number of hydrogen-bond donors (Lipinski definition) is 0. The molecule has 0 radical (unpaired) electrons. The number of ether oxygens (including phenoxy) is 3. The summed E-state index contributed by atoms with van der Waals surface area (Å²) in [6.07, 6.45) is 1.43. The Balaban J connectivity index is 1.58. The molecule has 0 fully saturated rings.